The molecule has 2 saturated heterocycles. The Kier molecular flexibility index (Phi) is 7.45. The quantitative estimate of drug-likeness (QED) is 0.499. The lowest BCUT2D eigenvalue weighted by atomic mass is 9.80. The molecule has 1 aromatic heterocycles. The van der Waals surface area contributed by atoms with Crippen LogP contribution in [-0.2, 0) is 9.59 Å². The number of aromatic nitrogens is 1. The number of halogens is 2. The molecule has 2 unspecified atom stereocenters. The molecule has 0 radical (unpaired) electrons. The molecule has 3 aliphatic rings. The standard InChI is InChI=1S/C28H33Cl2N3O3/c1-28(11-12-28)27(35)32-13-8-20(9-14-32)26(34)33-15-10-21(18-36-25-7-6-23(30)16-31-25)24(17-33)19-2-4-22(29)5-3-19/h2-7,16,20-21,24H,8-15,17-18H2,1H3. The number of piperidine rings is 2. The Morgan fingerprint density at radius 3 is 2.28 bits per heavy atom. The highest BCUT2D eigenvalue weighted by molar-refractivity contribution is 6.30. The van der Waals surface area contributed by atoms with Crippen LogP contribution in [0.3, 0.4) is 0 Å². The number of hydrogen-bond donors (Lipinski definition) is 0. The lowest BCUT2D eigenvalue weighted by Crippen LogP contribution is -2.49. The van der Waals surface area contributed by atoms with Crippen molar-refractivity contribution < 1.29 is 14.3 Å². The average molecular weight is 530 g/mol. The topological polar surface area (TPSA) is 62.7 Å². The van der Waals surface area contributed by atoms with Gasteiger partial charge in [0.2, 0.25) is 17.7 Å². The van der Waals surface area contributed by atoms with Gasteiger partial charge in [0.15, 0.2) is 0 Å². The van der Waals surface area contributed by atoms with Crippen LogP contribution in [0, 0.1) is 17.3 Å². The summed E-state index contributed by atoms with van der Waals surface area (Å²) >= 11 is 12.1. The Hall–Kier alpha value is -2.31. The third-order valence-corrected chi connectivity index (χ3v) is 8.63. The number of ether oxygens (including phenoxy) is 1. The van der Waals surface area contributed by atoms with Gasteiger partial charge in [0.1, 0.15) is 0 Å². The number of benzene rings is 1. The van der Waals surface area contributed by atoms with Crippen LogP contribution in [0.15, 0.2) is 42.6 Å². The summed E-state index contributed by atoms with van der Waals surface area (Å²) < 4.78 is 6.02. The predicted molar refractivity (Wildman–Crippen MR) is 140 cm³/mol. The summed E-state index contributed by atoms with van der Waals surface area (Å²) in [6, 6.07) is 11.5. The first kappa shape index (κ1) is 25.3. The summed E-state index contributed by atoms with van der Waals surface area (Å²) in [4.78, 5) is 34.5. The van der Waals surface area contributed by atoms with E-state index in [-0.39, 0.29) is 35.0 Å². The molecule has 0 N–H and O–H groups in total. The second-order valence-corrected chi connectivity index (χ2v) is 11.6. The fourth-order valence-electron chi connectivity index (χ4n) is 5.50. The molecule has 3 heterocycles. The van der Waals surface area contributed by atoms with Crippen molar-refractivity contribution in [2.45, 2.75) is 44.9 Å². The molecule has 6 nitrogen and oxygen atoms in total. The number of amides is 2. The van der Waals surface area contributed by atoms with Crippen molar-refractivity contribution in [3.63, 3.8) is 0 Å². The smallest absolute Gasteiger partial charge is 0.228 e. The van der Waals surface area contributed by atoms with Crippen LogP contribution in [0.25, 0.3) is 0 Å². The Bertz CT molecular complexity index is 1080. The first-order valence-electron chi connectivity index (χ1n) is 12.9. The van der Waals surface area contributed by atoms with Gasteiger partial charge in [-0.15, -0.1) is 0 Å². The number of likely N-dealkylation sites (tertiary alicyclic amines) is 2. The van der Waals surface area contributed by atoms with E-state index in [1.165, 1.54) is 0 Å². The van der Waals surface area contributed by atoms with Crippen molar-refractivity contribution in [1.29, 1.82) is 0 Å². The summed E-state index contributed by atoms with van der Waals surface area (Å²) in [6.07, 6.45) is 5.91. The molecule has 2 atom stereocenters. The summed E-state index contributed by atoms with van der Waals surface area (Å²) in [5.74, 6) is 1.41. The number of carbonyl (C=O) groups is 2. The molecular formula is C28H33Cl2N3O3. The molecule has 1 aromatic carbocycles. The van der Waals surface area contributed by atoms with Crippen LogP contribution < -0.4 is 4.74 Å². The molecule has 2 aromatic rings. The van der Waals surface area contributed by atoms with E-state index in [9.17, 15) is 9.59 Å². The molecule has 1 saturated carbocycles. The molecule has 3 fully saturated rings. The van der Waals surface area contributed by atoms with Crippen LogP contribution in [-0.4, -0.2) is 59.4 Å². The molecule has 2 aliphatic heterocycles. The van der Waals surface area contributed by atoms with Crippen molar-refractivity contribution in [2.75, 3.05) is 32.8 Å². The second kappa shape index (κ2) is 10.6. The summed E-state index contributed by atoms with van der Waals surface area (Å²) in [6.45, 7) is 5.30. The Balaban J connectivity index is 1.23. The van der Waals surface area contributed by atoms with Gasteiger partial charge in [0, 0.05) is 66.6 Å². The van der Waals surface area contributed by atoms with Gasteiger partial charge < -0.3 is 14.5 Å². The third-order valence-electron chi connectivity index (χ3n) is 8.16. The molecular weight excluding hydrogens is 497 g/mol. The van der Waals surface area contributed by atoms with Crippen molar-refractivity contribution in [3.05, 3.63) is 58.2 Å². The Morgan fingerprint density at radius 2 is 1.64 bits per heavy atom. The van der Waals surface area contributed by atoms with E-state index in [1.54, 1.807) is 18.3 Å². The Labute approximate surface area is 222 Å². The number of carbonyl (C=O) groups excluding carboxylic acids is 2. The SMILES string of the molecule is CC1(C(=O)N2CCC(C(=O)N3CCC(COc4ccc(Cl)cn4)C(c4ccc(Cl)cc4)C3)CC2)CC1. The fraction of sp³-hybridized carbons (Fsp3) is 0.536. The minimum Gasteiger partial charge on any atom is -0.477 e. The van der Waals surface area contributed by atoms with E-state index in [0.29, 0.717) is 48.7 Å². The van der Waals surface area contributed by atoms with E-state index >= 15 is 0 Å². The maximum atomic E-state index is 13.5. The zero-order valence-corrected chi connectivity index (χ0v) is 22.2. The van der Waals surface area contributed by atoms with Crippen LogP contribution in [0.1, 0.15) is 50.5 Å². The minimum atomic E-state index is -0.145. The monoisotopic (exact) mass is 529 g/mol. The van der Waals surface area contributed by atoms with Crippen LogP contribution in [0.5, 0.6) is 5.88 Å². The van der Waals surface area contributed by atoms with Crippen LogP contribution in [0.4, 0.5) is 0 Å². The highest BCUT2D eigenvalue weighted by Gasteiger charge is 2.48. The fourth-order valence-corrected chi connectivity index (χ4v) is 5.74. The number of nitrogens with zero attached hydrogens (tertiary/aromatic N) is 3. The largest absolute Gasteiger partial charge is 0.477 e. The molecule has 1 aliphatic carbocycles. The van der Waals surface area contributed by atoms with E-state index in [4.69, 9.17) is 27.9 Å². The first-order chi connectivity index (χ1) is 17.3. The van der Waals surface area contributed by atoms with Crippen LogP contribution >= 0.6 is 23.2 Å². The number of rotatable bonds is 6. The zero-order valence-electron chi connectivity index (χ0n) is 20.7. The molecule has 192 valence electrons. The average Bonchev–Trinajstić information content (AvgIpc) is 3.66. The molecule has 0 spiro atoms. The zero-order chi connectivity index (χ0) is 25.3. The molecule has 0 bridgehead atoms. The van der Waals surface area contributed by atoms with Gasteiger partial charge in [-0.2, -0.15) is 0 Å². The highest BCUT2D eigenvalue weighted by Crippen LogP contribution is 2.47. The van der Waals surface area contributed by atoms with E-state index < -0.39 is 0 Å². The van der Waals surface area contributed by atoms with Gasteiger partial charge in [-0.1, -0.05) is 42.3 Å². The third kappa shape index (κ3) is 5.65. The van der Waals surface area contributed by atoms with Gasteiger partial charge in [-0.3, -0.25) is 9.59 Å². The van der Waals surface area contributed by atoms with E-state index in [1.807, 2.05) is 21.9 Å². The lowest BCUT2D eigenvalue weighted by molar-refractivity contribution is -0.144. The van der Waals surface area contributed by atoms with Crippen molar-refractivity contribution in [1.82, 2.24) is 14.8 Å². The Morgan fingerprint density at radius 1 is 0.972 bits per heavy atom. The molecule has 5 rings (SSSR count). The summed E-state index contributed by atoms with van der Waals surface area (Å²) in [5.41, 5.74) is 1.02. The van der Waals surface area contributed by atoms with Gasteiger partial charge in [0.05, 0.1) is 11.6 Å². The lowest BCUT2D eigenvalue weighted by Gasteiger charge is -2.41. The van der Waals surface area contributed by atoms with E-state index in [2.05, 4.69) is 24.0 Å². The van der Waals surface area contributed by atoms with Crippen molar-refractivity contribution >= 4 is 35.0 Å². The van der Waals surface area contributed by atoms with Gasteiger partial charge in [-0.05, 0) is 55.9 Å². The molecule has 2 amide bonds. The number of hydrogen-bond acceptors (Lipinski definition) is 4. The minimum absolute atomic E-state index is 0.0157. The maximum Gasteiger partial charge on any atom is 0.228 e. The van der Waals surface area contributed by atoms with Gasteiger partial charge in [-0.25, -0.2) is 4.98 Å². The van der Waals surface area contributed by atoms with Crippen molar-refractivity contribution in [3.8, 4) is 5.88 Å². The molecule has 8 heteroatoms. The van der Waals surface area contributed by atoms with Crippen LogP contribution in [0.2, 0.25) is 10.0 Å². The first-order valence-corrected chi connectivity index (χ1v) is 13.7. The van der Waals surface area contributed by atoms with Gasteiger partial charge >= 0.3 is 0 Å². The van der Waals surface area contributed by atoms with E-state index in [0.717, 1.165) is 37.7 Å². The summed E-state index contributed by atoms with van der Waals surface area (Å²) in [5, 5.41) is 1.27. The second-order valence-electron chi connectivity index (χ2n) is 10.7. The van der Waals surface area contributed by atoms with Crippen molar-refractivity contribution in [2.24, 2.45) is 17.3 Å². The highest BCUT2D eigenvalue weighted by atomic mass is 35.5. The van der Waals surface area contributed by atoms with Gasteiger partial charge in [0.25, 0.3) is 0 Å². The normalized spacial score (nSPS) is 23.9. The summed E-state index contributed by atoms with van der Waals surface area (Å²) in [7, 11) is 0. The molecule has 36 heavy (non-hydrogen) atoms. The number of pyridine rings is 1. The maximum absolute atomic E-state index is 13.5. The predicted octanol–water partition coefficient (Wildman–Crippen LogP) is 5.44.